The van der Waals surface area contributed by atoms with Gasteiger partial charge in [0.05, 0.1) is 22.6 Å². The van der Waals surface area contributed by atoms with Gasteiger partial charge in [0.25, 0.3) is 15.9 Å². The van der Waals surface area contributed by atoms with Crippen LogP contribution in [0.3, 0.4) is 0 Å². The lowest BCUT2D eigenvalue weighted by Gasteiger charge is -2.14. The Morgan fingerprint density at radius 1 is 0.812 bits per heavy atom. The summed E-state index contributed by atoms with van der Waals surface area (Å²) in [7, 11) is -4.08. The third-order valence-electron chi connectivity index (χ3n) is 6.91. The van der Waals surface area contributed by atoms with Gasteiger partial charge in [0.2, 0.25) is 0 Å². The lowest BCUT2D eigenvalue weighted by Crippen LogP contribution is -2.30. The molecule has 0 unspecified atom stereocenters. The van der Waals surface area contributed by atoms with Crippen LogP contribution in [0.4, 0.5) is 10.7 Å². The van der Waals surface area contributed by atoms with Crippen molar-refractivity contribution < 1.29 is 37.0 Å². The molecule has 0 spiro atoms. The number of rotatable bonds is 13. The monoisotopic (exact) mass is 684 g/mol. The van der Waals surface area contributed by atoms with E-state index in [1.165, 1.54) is 36.5 Å². The molecular weight excluding hydrogens is 653 g/mol. The lowest BCUT2D eigenvalue weighted by atomic mass is 10.1. The van der Waals surface area contributed by atoms with Crippen molar-refractivity contribution in [2.75, 3.05) is 16.6 Å². The molecule has 5 rings (SSSR count). The number of amides is 1. The maximum atomic E-state index is 13.1. The fourth-order valence-corrected chi connectivity index (χ4v) is 6.61. The topological polar surface area (TPSA) is 137 Å². The van der Waals surface area contributed by atoms with E-state index in [-0.39, 0.29) is 27.6 Å². The highest BCUT2D eigenvalue weighted by Crippen LogP contribution is 2.36. The van der Waals surface area contributed by atoms with Crippen molar-refractivity contribution >= 4 is 49.9 Å². The van der Waals surface area contributed by atoms with Crippen LogP contribution >= 0.6 is 11.3 Å². The molecule has 0 aliphatic carbocycles. The number of hydrogen-bond acceptors (Lipinski definition) is 9. The molecule has 0 radical (unpaired) electrons. The van der Waals surface area contributed by atoms with Gasteiger partial charge < -0.3 is 19.5 Å². The number of nitrogens with one attached hydrogen (secondary N) is 2. The second kappa shape index (κ2) is 15.4. The highest BCUT2D eigenvalue weighted by atomic mass is 32.2. The average molecular weight is 685 g/mol. The SMILES string of the molecule is CCOC(=O)c1cc(-c2ccccc2)sc1NC(=O)[C@@H](C)OC(=O)c1cccc(S(=O)(=O)Nc2ccc(OCc3ccccc3)cc2)c1. The number of carbonyl (C=O) groups excluding carboxylic acids is 3. The summed E-state index contributed by atoms with van der Waals surface area (Å²) >= 11 is 1.18. The lowest BCUT2D eigenvalue weighted by molar-refractivity contribution is -0.123. The van der Waals surface area contributed by atoms with Gasteiger partial charge in [0, 0.05) is 10.6 Å². The molecule has 5 aromatic rings. The number of carbonyl (C=O) groups is 3. The number of ether oxygens (including phenoxy) is 3. The van der Waals surface area contributed by atoms with Crippen LogP contribution in [0.25, 0.3) is 10.4 Å². The summed E-state index contributed by atoms with van der Waals surface area (Å²) in [6, 6.07) is 32.3. The number of thiophene rings is 1. The molecule has 12 heteroatoms. The first-order valence-corrected chi connectivity index (χ1v) is 17.2. The van der Waals surface area contributed by atoms with Crippen LogP contribution < -0.4 is 14.8 Å². The van der Waals surface area contributed by atoms with Gasteiger partial charge >= 0.3 is 11.9 Å². The molecule has 1 aromatic heterocycles. The van der Waals surface area contributed by atoms with Gasteiger partial charge in [-0.3, -0.25) is 9.52 Å². The number of sulfonamides is 1. The molecule has 1 amide bonds. The minimum atomic E-state index is -4.08. The van der Waals surface area contributed by atoms with Gasteiger partial charge in [-0.05, 0) is 73.5 Å². The first-order chi connectivity index (χ1) is 23.1. The van der Waals surface area contributed by atoms with E-state index in [4.69, 9.17) is 14.2 Å². The molecule has 0 fully saturated rings. The molecule has 48 heavy (non-hydrogen) atoms. The maximum Gasteiger partial charge on any atom is 0.341 e. The summed E-state index contributed by atoms with van der Waals surface area (Å²) in [5.74, 6) is -1.62. The predicted octanol–water partition coefficient (Wildman–Crippen LogP) is 7.16. The number of benzene rings is 4. The molecule has 0 aliphatic heterocycles. The van der Waals surface area contributed by atoms with Crippen molar-refractivity contribution in [3.63, 3.8) is 0 Å². The van der Waals surface area contributed by atoms with Crippen LogP contribution in [0.2, 0.25) is 0 Å². The summed E-state index contributed by atoms with van der Waals surface area (Å²) in [6.45, 7) is 3.57. The molecule has 0 saturated heterocycles. The number of hydrogen-bond donors (Lipinski definition) is 2. The van der Waals surface area contributed by atoms with E-state index in [0.29, 0.717) is 18.0 Å². The van der Waals surface area contributed by atoms with Gasteiger partial charge in [-0.1, -0.05) is 66.7 Å². The molecule has 0 saturated carbocycles. The molecule has 0 aliphatic rings. The maximum absolute atomic E-state index is 13.1. The molecule has 1 atom stereocenters. The third-order valence-corrected chi connectivity index (χ3v) is 9.39. The molecule has 0 bridgehead atoms. The van der Waals surface area contributed by atoms with E-state index in [9.17, 15) is 22.8 Å². The Morgan fingerprint density at radius 2 is 1.50 bits per heavy atom. The van der Waals surface area contributed by atoms with Crippen molar-refractivity contribution in [1.82, 2.24) is 0 Å². The predicted molar refractivity (Wildman–Crippen MR) is 184 cm³/mol. The Hall–Kier alpha value is -5.46. The Balaban J connectivity index is 1.22. The standard InChI is InChI=1S/C36H32N2O8S2/c1-3-44-36(41)31-22-32(26-13-8-5-9-14-26)47-34(31)37-33(39)24(2)46-35(40)27-15-10-16-30(21-27)48(42,43)38-28-17-19-29(20-18-28)45-23-25-11-6-4-7-12-25/h4-22,24,38H,3,23H2,1-2H3,(H,37,39)/t24-/m1/s1. The summed E-state index contributed by atoms with van der Waals surface area (Å²) in [5, 5.41) is 2.91. The fraction of sp³-hybridized carbons (Fsp3) is 0.139. The minimum Gasteiger partial charge on any atom is -0.489 e. The largest absolute Gasteiger partial charge is 0.489 e. The molecule has 246 valence electrons. The number of anilines is 2. The van der Waals surface area contributed by atoms with E-state index in [1.54, 1.807) is 37.3 Å². The zero-order valence-electron chi connectivity index (χ0n) is 26.0. The molecule has 4 aromatic carbocycles. The summed E-state index contributed by atoms with van der Waals surface area (Å²) in [4.78, 5) is 39.3. The average Bonchev–Trinajstić information content (AvgIpc) is 3.52. The highest BCUT2D eigenvalue weighted by molar-refractivity contribution is 7.92. The van der Waals surface area contributed by atoms with Crippen molar-refractivity contribution in [3.05, 3.63) is 132 Å². The Labute approximate surface area is 282 Å². The first-order valence-electron chi connectivity index (χ1n) is 14.9. The Kier molecular flexibility index (Phi) is 10.9. The van der Waals surface area contributed by atoms with Crippen molar-refractivity contribution in [2.45, 2.75) is 31.5 Å². The summed E-state index contributed by atoms with van der Waals surface area (Å²) < 4.78 is 45.1. The smallest absolute Gasteiger partial charge is 0.341 e. The highest BCUT2D eigenvalue weighted by Gasteiger charge is 2.25. The molecule has 10 nitrogen and oxygen atoms in total. The summed E-state index contributed by atoms with van der Waals surface area (Å²) in [5.41, 5.74) is 2.25. The van der Waals surface area contributed by atoms with Crippen LogP contribution in [-0.2, 0) is 30.9 Å². The second-order valence-electron chi connectivity index (χ2n) is 10.4. The van der Waals surface area contributed by atoms with E-state index >= 15 is 0 Å². The van der Waals surface area contributed by atoms with Gasteiger partial charge in [0.1, 0.15) is 17.4 Å². The van der Waals surface area contributed by atoms with Crippen LogP contribution in [0, 0.1) is 0 Å². The van der Waals surface area contributed by atoms with E-state index in [0.717, 1.165) is 22.1 Å². The van der Waals surface area contributed by atoms with E-state index < -0.39 is 34.0 Å². The minimum absolute atomic E-state index is 0.0723. The molecular formula is C36H32N2O8S2. The van der Waals surface area contributed by atoms with Gasteiger partial charge in [-0.15, -0.1) is 11.3 Å². The van der Waals surface area contributed by atoms with Gasteiger partial charge in [-0.2, -0.15) is 0 Å². The zero-order chi connectivity index (χ0) is 34.1. The van der Waals surface area contributed by atoms with Crippen molar-refractivity contribution in [3.8, 4) is 16.2 Å². The number of esters is 2. The molecule has 2 N–H and O–H groups in total. The van der Waals surface area contributed by atoms with E-state index in [2.05, 4.69) is 10.0 Å². The normalized spacial score (nSPS) is 11.6. The van der Waals surface area contributed by atoms with Crippen LogP contribution in [-0.4, -0.2) is 39.0 Å². The van der Waals surface area contributed by atoms with E-state index in [1.807, 2.05) is 60.7 Å². The van der Waals surface area contributed by atoms with Crippen molar-refractivity contribution in [2.24, 2.45) is 0 Å². The fourth-order valence-electron chi connectivity index (χ4n) is 4.45. The Bertz CT molecular complexity index is 2000. The second-order valence-corrected chi connectivity index (χ2v) is 13.1. The van der Waals surface area contributed by atoms with Gasteiger partial charge in [0.15, 0.2) is 6.10 Å². The first kappa shape index (κ1) is 33.9. The quantitative estimate of drug-likeness (QED) is 0.125. The summed E-state index contributed by atoms with van der Waals surface area (Å²) in [6.07, 6.45) is -1.28. The van der Waals surface area contributed by atoms with Crippen LogP contribution in [0.1, 0.15) is 40.1 Å². The van der Waals surface area contributed by atoms with Crippen LogP contribution in [0.15, 0.2) is 120 Å². The Morgan fingerprint density at radius 3 is 2.19 bits per heavy atom. The van der Waals surface area contributed by atoms with Gasteiger partial charge in [-0.25, -0.2) is 18.0 Å². The van der Waals surface area contributed by atoms with Crippen LogP contribution in [0.5, 0.6) is 5.75 Å². The van der Waals surface area contributed by atoms with Crippen molar-refractivity contribution in [1.29, 1.82) is 0 Å². The molecule has 1 heterocycles. The third kappa shape index (κ3) is 8.66. The zero-order valence-corrected chi connectivity index (χ0v) is 27.7.